The smallest absolute Gasteiger partial charge is 0.187 e. The van der Waals surface area contributed by atoms with E-state index in [1.807, 2.05) is 30.3 Å². The first-order chi connectivity index (χ1) is 11.6. The Labute approximate surface area is 138 Å². The van der Waals surface area contributed by atoms with Crippen LogP contribution >= 0.6 is 0 Å². The van der Waals surface area contributed by atoms with Gasteiger partial charge in [0, 0.05) is 17.8 Å². The molecule has 0 heterocycles. The second-order valence-electron chi connectivity index (χ2n) is 5.31. The van der Waals surface area contributed by atoms with Gasteiger partial charge >= 0.3 is 0 Å². The van der Waals surface area contributed by atoms with Crippen LogP contribution in [-0.4, -0.2) is 33.9 Å². The minimum absolute atomic E-state index is 0.0809. The van der Waals surface area contributed by atoms with Crippen LogP contribution in [0.15, 0.2) is 59.6 Å². The van der Waals surface area contributed by atoms with E-state index in [-0.39, 0.29) is 35.1 Å². The Hall–Kier alpha value is -3.34. The van der Waals surface area contributed by atoms with Crippen molar-refractivity contribution in [3.05, 3.63) is 65.7 Å². The number of fused-ring (bicyclic) bond motifs is 1. The molecular formula is C19H15NO4. The SMILES string of the molecule is O=C(CN=Cc1c(O)ccc2ccccc12)c1ccc(O)cc1O. The molecule has 0 fully saturated rings. The molecule has 0 radical (unpaired) electrons. The molecule has 3 rings (SSSR count). The molecule has 3 aromatic carbocycles. The van der Waals surface area contributed by atoms with Crippen molar-refractivity contribution in [2.24, 2.45) is 4.99 Å². The third-order valence-electron chi connectivity index (χ3n) is 3.68. The zero-order valence-corrected chi connectivity index (χ0v) is 12.7. The average molecular weight is 321 g/mol. The monoisotopic (exact) mass is 321 g/mol. The van der Waals surface area contributed by atoms with Crippen LogP contribution in [0.5, 0.6) is 17.2 Å². The van der Waals surface area contributed by atoms with Gasteiger partial charge in [0.05, 0.1) is 5.56 Å². The molecule has 0 unspecified atom stereocenters. The van der Waals surface area contributed by atoms with Gasteiger partial charge in [-0.1, -0.05) is 30.3 Å². The summed E-state index contributed by atoms with van der Waals surface area (Å²) in [7, 11) is 0. The highest BCUT2D eigenvalue weighted by atomic mass is 16.3. The van der Waals surface area contributed by atoms with Gasteiger partial charge in [0.15, 0.2) is 5.78 Å². The zero-order valence-electron chi connectivity index (χ0n) is 12.7. The summed E-state index contributed by atoms with van der Waals surface area (Å²) in [6.07, 6.45) is 1.45. The first-order valence-electron chi connectivity index (χ1n) is 7.32. The maximum atomic E-state index is 12.1. The molecule has 0 aliphatic rings. The van der Waals surface area contributed by atoms with Gasteiger partial charge in [-0.05, 0) is 29.0 Å². The molecule has 0 aromatic heterocycles. The topological polar surface area (TPSA) is 90.1 Å². The molecule has 0 aliphatic carbocycles. The van der Waals surface area contributed by atoms with Gasteiger partial charge in [0.2, 0.25) is 0 Å². The van der Waals surface area contributed by atoms with Crippen LogP contribution in [0.2, 0.25) is 0 Å². The van der Waals surface area contributed by atoms with Gasteiger partial charge in [-0.15, -0.1) is 0 Å². The number of aliphatic imine (C=N–C) groups is 1. The van der Waals surface area contributed by atoms with E-state index in [0.29, 0.717) is 5.56 Å². The van der Waals surface area contributed by atoms with Gasteiger partial charge in [0.1, 0.15) is 23.8 Å². The number of hydrogen-bond donors (Lipinski definition) is 3. The van der Waals surface area contributed by atoms with E-state index in [4.69, 9.17) is 0 Å². The van der Waals surface area contributed by atoms with Gasteiger partial charge in [-0.3, -0.25) is 9.79 Å². The van der Waals surface area contributed by atoms with Crippen molar-refractivity contribution < 1.29 is 20.1 Å². The van der Waals surface area contributed by atoms with E-state index in [1.165, 1.54) is 18.3 Å². The van der Waals surface area contributed by atoms with Gasteiger partial charge in [-0.25, -0.2) is 0 Å². The number of Topliss-reactive ketones (excluding diaryl/α,β-unsaturated/α-hetero) is 1. The fourth-order valence-corrected chi connectivity index (χ4v) is 2.48. The number of phenols is 3. The number of phenolic OH excluding ortho intramolecular Hbond substituents is 3. The highest BCUT2D eigenvalue weighted by molar-refractivity contribution is 6.04. The van der Waals surface area contributed by atoms with Crippen molar-refractivity contribution in [1.29, 1.82) is 0 Å². The largest absolute Gasteiger partial charge is 0.508 e. The molecule has 3 aromatic rings. The predicted molar refractivity (Wildman–Crippen MR) is 92.2 cm³/mol. The lowest BCUT2D eigenvalue weighted by molar-refractivity contribution is 0.0999. The number of hydrogen-bond acceptors (Lipinski definition) is 5. The molecule has 0 aliphatic heterocycles. The Morgan fingerprint density at radius 3 is 2.54 bits per heavy atom. The van der Waals surface area contributed by atoms with Crippen molar-refractivity contribution in [3.63, 3.8) is 0 Å². The zero-order chi connectivity index (χ0) is 17.1. The summed E-state index contributed by atoms with van der Waals surface area (Å²) in [5.41, 5.74) is 0.628. The first kappa shape index (κ1) is 15.6. The standard InChI is InChI=1S/C19H15NO4/c21-13-6-7-15(18(23)9-13)19(24)11-20-10-16-14-4-2-1-3-12(14)5-8-17(16)22/h1-10,21-23H,11H2. The Morgan fingerprint density at radius 1 is 0.958 bits per heavy atom. The van der Waals surface area contributed by atoms with Crippen LogP contribution in [0.1, 0.15) is 15.9 Å². The van der Waals surface area contributed by atoms with Crippen LogP contribution in [0, 0.1) is 0 Å². The Balaban J connectivity index is 1.84. The van der Waals surface area contributed by atoms with Crippen molar-refractivity contribution in [3.8, 4) is 17.2 Å². The minimum atomic E-state index is -0.386. The summed E-state index contributed by atoms with van der Waals surface area (Å²) in [4.78, 5) is 16.2. The summed E-state index contributed by atoms with van der Waals surface area (Å²) in [5.74, 6) is -0.711. The maximum absolute atomic E-state index is 12.1. The summed E-state index contributed by atoms with van der Waals surface area (Å²) in [5, 5.41) is 30.8. The van der Waals surface area contributed by atoms with E-state index < -0.39 is 0 Å². The van der Waals surface area contributed by atoms with Crippen LogP contribution in [0.25, 0.3) is 10.8 Å². The number of rotatable bonds is 4. The summed E-state index contributed by atoms with van der Waals surface area (Å²) >= 11 is 0. The highest BCUT2D eigenvalue weighted by Crippen LogP contribution is 2.26. The molecule has 24 heavy (non-hydrogen) atoms. The fourth-order valence-electron chi connectivity index (χ4n) is 2.48. The lowest BCUT2D eigenvalue weighted by Crippen LogP contribution is -2.04. The summed E-state index contributed by atoms with van der Waals surface area (Å²) in [6, 6.07) is 14.7. The molecule has 0 saturated heterocycles. The number of ketones is 1. The summed E-state index contributed by atoms with van der Waals surface area (Å²) in [6.45, 7) is -0.180. The first-order valence-corrected chi connectivity index (χ1v) is 7.32. The molecule has 0 atom stereocenters. The number of benzene rings is 3. The Kier molecular flexibility index (Phi) is 4.16. The van der Waals surface area contributed by atoms with E-state index in [0.717, 1.165) is 16.8 Å². The fraction of sp³-hybridized carbons (Fsp3) is 0.0526. The number of carbonyl (C=O) groups is 1. The van der Waals surface area contributed by atoms with Gasteiger partial charge in [0.25, 0.3) is 0 Å². The molecule has 5 nitrogen and oxygen atoms in total. The molecule has 0 saturated carbocycles. The van der Waals surface area contributed by atoms with Crippen molar-refractivity contribution in [2.45, 2.75) is 0 Å². The van der Waals surface area contributed by atoms with E-state index in [9.17, 15) is 20.1 Å². The average Bonchev–Trinajstić information content (AvgIpc) is 2.56. The van der Waals surface area contributed by atoms with Crippen molar-refractivity contribution in [2.75, 3.05) is 6.54 Å². The quantitative estimate of drug-likeness (QED) is 0.508. The van der Waals surface area contributed by atoms with Crippen molar-refractivity contribution >= 4 is 22.8 Å². The molecule has 0 amide bonds. The van der Waals surface area contributed by atoms with Crippen molar-refractivity contribution in [1.82, 2.24) is 0 Å². The van der Waals surface area contributed by atoms with E-state index in [1.54, 1.807) is 6.07 Å². The maximum Gasteiger partial charge on any atom is 0.187 e. The number of nitrogens with zero attached hydrogens (tertiary/aromatic N) is 1. The summed E-state index contributed by atoms with van der Waals surface area (Å²) < 4.78 is 0. The highest BCUT2D eigenvalue weighted by Gasteiger charge is 2.11. The minimum Gasteiger partial charge on any atom is -0.508 e. The predicted octanol–water partition coefficient (Wildman–Crippen LogP) is 3.26. The molecule has 3 N–H and O–H groups in total. The molecule has 0 bridgehead atoms. The lowest BCUT2D eigenvalue weighted by atomic mass is 10.0. The second kappa shape index (κ2) is 6.42. The van der Waals surface area contributed by atoms with Gasteiger partial charge < -0.3 is 15.3 Å². The molecular weight excluding hydrogens is 306 g/mol. The van der Waals surface area contributed by atoms with Crippen LogP contribution in [0.4, 0.5) is 0 Å². The number of carbonyl (C=O) groups excluding carboxylic acids is 1. The Bertz CT molecular complexity index is 947. The molecule has 5 heteroatoms. The molecule has 120 valence electrons. The normalized spacial score (nSPS) is 11.2. The second-order valence-corrected chi connectivity index (χ2v) is 5.31. The van der Waals surface area contributed by atoms with E-state index in [2.05, 4.69) is 4.99 Å². The van der Waals surface area contributed by atoms with Gasteiger partial charge in [-0.2, -0.15) is 0 Å². The van der Waals surface area contributed by atoms with Crippen LogP contribution in [-0.2, 0) is 0 Å². The van der Waals surface area contributed by atoms with Crippen LogP contribution in [0.3, 0.4) is 0 Å². The Morgan fingerprint density at radius 2 is 1.75 bits per heavy atom. The van der Waals surface area contributed by atoms with Crippen LogP contribution < -0.4 is 0 Å². The lowest BCUT2D eigenvalue weighted by Gasteiger charge is -2.05. The third-order valence-corrected chi connectivity index (χ3v) is 3.68. The number of aromatic hydroxyl groups is 3. The third kappa shape index (κ3) is 3.05. The molecule has 0 spiro atoms. The van der Waals surface area contributed by atoms with E-state index >= 15 is 0 Å².